The molecule has 0 bridgehead atoms. The van der Waals surface area contributed by atoms with E-state index in [-0.39, 0.29) is 55.4 Å². The minimum atomic E-state index is -1.18. The van der Waals surface area contributed by atoms with Gasteiger partial charge in [0.15, 0.2) is 0 Å². The van der Waals surface area contributed by atoms with Crippen LogP contribution in [0.5, 0.6) is 11.5 Å². The number of phenolic OH excluding ortho intramolecular Hbond substituents is 1. The third kappa shape index (κ3) is 7.29. The number of carbonyl (C=O) groups excluding carboxylic acids is 4. The summed E-state index contributed by atoms with van der Waals surface area (Å²) in [6.07, 6.45) is -0.598. The molecule has 2 aliphatic rings. The van der Waals surface area contributed by atoms with Crippen LogP contribution in [0.25, 0.3) is 0 Å². The number of nitrogens with one attached hydrogen (secondary N) is 2. The smallest absolute Gasteiger partial charge is 0.255 e. The first-order valence-electron chi connectivity index (χ1n) is 13.4. The molecule has 11 heteroatoms. The van der Waals surface area contributed by atoms with E-state index in [2.05, 4.69) is 10.6 Å². The Kier molecular flexibility index (Phi) is 9.26. The number of benzene rings is 2. The van der Waals surface area contributed by atoms with E-state index in [1.165, 1.54) is 17.0 Å². The molecule has 11 nitrogen and oxygen atoms in total. The fraction of sp³-hybridized carbons (Fsp3) is 0.448. The molecule has 214 valence electrons. The number of hydrogen-bond acceptors (Lipinski definition) is 7. The molecule has 2 aromatic rings. The number of aromatic hydroxyl groups is 1. The van der Waals surface area contributed by atoms with Crippen LogP contribution in [0.4, 0.5) is 0 Å². The van der Waals surface area contributed by atoms with Crippen molar-refractivity contribution in [2.24, 2.45) is 0 Å². The summed E-state index contributed by atoms with van der Waals surface area (Å²) >= 11 is 0. The van der Waals surface area contributed by atoms with Crippen molar-refractivity contribution in [1.29, 1.82) is 0 Å². The lowest BCUT2D eigenvalue weighted by atomic mass is 10.0. The van der Waals surface area contributed by atoms with E-state index in [4.69, 9.17) is 9.47 Å². The molecular formula is C29H36N4O7. The molecule has 4 amide bonds. The van der Waals surface area contributed by atoms with Gasteiger partial charge in [0.25, 0.3) is 5.91 Å². The van der Waals surface area contributed by atoms with Crippen LogP contribution in [0.3, 0.4) is 0 Å². The first-order chi connectivity index (χ1) is 19.1. The number of nitrogens with zero attached hydrogens (tertiary/aromatic N) is 2. The van der Waals surface area contributed by atoms with E-state index in [1.807, 2.05) is 13.8 Å². The number of morpholine rings is 1. The van der Waals surface area contributed by atoms with Crippen molar-refractivity contribution >= 4 is 23.6 Å². The summed E-state index contributed by atoms with van der Waals surface area (Å²) in [7, 11) is 1.61. The number of phenols is 1. The predicted molar refractivity (Wildman–Crippen MR) is 146 cm³/mol. The van der Waals surface area contributed by atoms with Crippen LogP contribution in [-0.4, -0.2) is 96.1 Å². The molecule has 0 unspecified atom stereocenters. The molecular weight excluding hydrogens is 516 g/mol. The van der Waals surface area contributed by atoms with Crippen LogP contribution in [0.15, 0.2) is 48.5 Å². The molecule has 0 saturated carbocycles. The van der Waals surface area contributed by atoms with Gasteiger partial charge in [-0.1, -0.05) is 24.3 Å². The lowest BCUT2D eigenvalue weighted by molar-refractivity contribution is -0.146. The van der Waals surface area contributed by atoms with Crippen LogP contribution < -0.4 is 15.4 Å². The third-order valence-electron chi connectivity index (χ3n) is 6.93. The number of amides is 4. The average molecular weight is 553 g/mol. The number of fused-ring (bicyclic) bond motifs is 1. The molecule has 4 atom stereocenters. The number of para-hydroxylation sites is 1. The van der Waals surface area contributed by atoms with E-state index in [0.717, 1.165) is 5.56 Å². The van der Waals surface area contributed by atoms with Gasteiger partial charge in [0.05, 0.1) is 30.7 Å². The molecule has 0 aliphatic carbocycles. The van der Waals surface area contributed by atoms with Crippen LogP contribution in [0, 0.1) is 0 Å². The normalized spacial score (nSPS) is 24.7. The number of carbonyl (C=O) groups is 4. The Hall–Kier alpha value is -4.12. The highest BCUT2D eigenvalue weighted by atomic mass is 16.5. The Balaban J connectivity index is 1.64. The van der Waals surface area contributed by atoms with Gasteiger partial charge in [0, 0.05) is 26.6 Å². The van der Waals surface area contributed by atoms with Gasteiger partial charge in [0.1, 0.15) is 30.2 Å². The molecule has 0 aromatic heterocycles. The zero-order valence-electron chi connectivity index (χ0n) is 23.0. The van der Waals surface area contributed by atoms with E-state index in [0.29, 0.717) is 18.8 Å². The highest BCUT2D eigenvalue weighted by Gasteiger charge is 2.35. The number of likely N-dealkylation sites (N-methyl/N-ethyl adjacent to an activating group) is 1. The monoisotopic (exact) mass is 552 g/mol. The van der Waals surface area contributed by atoms with Gasteiger partial charge in [-0.05, 0) is 43.7 Å². The van der Waals surface area contributed by atoms with E-state index < -0.39 is 29.8 Å². The zero-order chi connectivity index (χ0) is 28.8. The largest absolute Gasteiger partial charge is 0.508 e. The van der Waals surface area contributed by atoms with Crippen molar-refractivity contribution < 1.29 is 33.8 Å². The Morgan fingerprint density at radius 3 is 2.38 bits per heavy atom. The van der Waals surface area contributed by atoms with Crippen molar-refractivity contribution in [3.63, 3.8) is 0 Å². The van der Waals surface area contributed by atoms with Gasteiger partial charge in [0.2, 0.25) is 17.7 Å². The standard InChI is InChI=1S/C29H36N4O7/c1-18-16-33(17-19(2)40-18)29(38)24-15-26(35)30-23(14-20-8-10-21(34)11-9-20)28(37)32(3)12-13-39-25-7-5-4-6-22(25)27(36)31-24/h4-11,18-19,23-24,34H,12-17H2,1-3H3,(H,30,35)(H,31,36)/t18-,19+,23-,24-/m0/s1. The first kappa shape index (κ1) is 28.9. The van der Waals surface area contributed by atoms with Crippen molar-refractivity contribution in [3.05, 3.63) is 59.7 Å². The maximum Gasteiger partial charge on any atom is 0.255 e. The Bertz CT molecular complexity index is 1230. The predicted octanol–water partition coefficient (Wildman–Crippen LogP) is 1.09. The quantitative estimate of drug-likeness (QED) is 0.519. The van der Waals surface area contributed by atoms with Gasteiger partial charge >= 0.3 is 0 Å². The highest BCUT2D eigenvalue weighted by Crippen LogP contribution is 2.20. The summed E-state index contributed by atoms with van der Waals surface area (Å²) in [5.74, 6) is -1.45. The van der Waals surface area contributed by atoms with Crippen LogP contribution in [0.1, 0.15) is 36.2 Å². The molecule has 1 fully saturated rings. The summed E-state index contributed by atoms with van der Waals surface area (Å²) in [6, 6.07) is 10.9. The minimum Gasteiger partial charge on any atom is -0.508 e. The van der Waals surface area contributed by atoms with Crippen molar-refractivity contribution in [2.75, 3.05) is 33.3 Å². The SMILES string of the molecule is C[C@@H]1CN(C(=O)[C@@H]2CC(=O)N[C@@H](Cc3ccc(O)cc3)C(=O)N(C)CCOc3ccccc3C(=O)N2)C[C@H](C)O1. The van der Waals surface area contributed by atoms with Crippen molar-refractivity contribution in [1.82, 2.24) is 20.4 Å². The third-order valence-corrected chi connectivity index (χ3v) is 6.93. The summed E-state index contributed by atoms with van der Waals surface area (Å²) in [6.45, 7) is 4.69. The molecule has 0 spiro atoms. The molecule has 2 aliphatic heterocycles. The fourth-order valence-corrected chi connectivity index (χ4v) is 4.97. The van der Waals surface area contributed by atoms with Crippen molar-refractivity contribution in [2.45, 2.75) is 51.0 Å². The lowest BCUT2D eigenvalue weighted by Gasteiger charge is -2.37. The van der Waals surface area contributed by atoms with Crippen LogP contribution in [0.2, 0.25) is 0 Å². The van der Waals surface area contributed by atoms with Gasteiger partial charge in [-0.3, -0.25) is 19.2 Å². The minimum absolute atomic E-state index is 0.0866. The van der Waals surface area contributed by atoms with Gasteiger partial charge in [-0.2, -0.15) is 0 Å². The molecule has 4 rings (SSSR count). The number of ether oxygens (including phenoxy) is 2. The van der Waals surface area contributed by atoms with E-state index >= 15 is 0 Å². The zero-order valence-corrected chi connectivity index (χ0v) is 23.0. The molecule has 2 heterocycles. The maximum absolute atomic E-state index is 13.7. The average Bonchev–Trinajstić information content (AvgIpc) is 2.91. The Labute approximate surface area is 233 Å². The fourth-order valence-electron chi connectivity index (χ4n) is 4.97. The first-order valence-corrected chi connectivity index (χ1v) is 13.4. The second-order valence-corrected chi connectivity index (χ2v) is 10.3. The molecule has 2 aromatic carbocycles. The summed E-state index contributed by atoms with van der Waals surface area (Å²) < 4.78 is 11.6. The molecule has 1 saturated heterocycles. The number of rotatable bonds is 3. The highest BCUT2D eigenvalue weighted by molar-refractivity contribution is 6.01. The summed E-state index contributed by atoms with van der Waals surface area (Å²) in [5, 5.41) is 15.1. The molecule has 40 heavy (non-hydrogen) atoms. The summed E-state index contributed by atoms with van der Waals surface area (Å²) in [4.78, 5) is 56.8. The topological polar surface area (TPSA) is 138 Å². The Morgan fingerprint density at radius 2 is 1.68 bits per heavy atom. The number of hydrogen-bond donors (Lipinski definition) is 3. The maximum atomic E-state index is 13.7. The van der Waals surface area contributed by atoms with Crippen LogP contribution >= 0.6 is 0 Å². The Morgan fingerprint density at radius 1 is 1.00 bits per heavy atom. The molecule has 0 radical (unpaired) electrons. The second-order valence-electron chi connectivity index (χ2n) is 10.3. The van der Waals surface area contributed by atoms with Crippen molar-refractivity contribution in [3.8, 4) is 11.5 Å². The lowest BCUT2D eigenvalue weighted by Crippen LogP contribution is -2.57. The van der Waals surface area contributed by atoms with Gasteiger partial charge < -0.3 is 35.0 Å². The van der Waals surface area contributed by atoms with Gasteiger partial charge in [-0.15, -0.1) is 0 Å². The van der Waals surface area contributed by atoms with Crippen LogP contribution in [-0.2, 0) is 25.5 Å². The van der Waals surface area contributed by atoms with Gasteiger partial charge in [-0.25, -0.2) is 0 Å². The summed E-state index contributed by atoms with van der Waals surface area (Å²) in [5.41, 5.74) is 0.953. The second kappa shape index (κ2) is 12.8. The van der Waals surface area contributed by atoms with E-state index in [9.17, 15) is 24.3 Å². The molecule has 3 N–H and O–H groups in total. The van der Waals surface area contributed by atoms with E-state index in [1.54, 1.807) is 48.3 Å².